The lowest BCUT2D eigenvalue weighted by Gasteiger charge is -2.31. The maximum Gasteiger partial charge on any atom is 0.306 e. The molecule has 134 valence electrons. The number of carboxylic acids is 1. The van der Waals surface area contributed by atoms with Gasteiger partial charge in [-0.1, -0.05) is 11.6 Å². The van der Waals surface area contributed by atoms with Crippen LogP contribution in [0, 0.1) is 17.7 Å². The molecule has 0 radical (unpaired) electrons. The number of anilines is 1. The monoisotopic (exact) mass is 368 g/mol. The van der Waals surface area contributed by atoms with Gasteiger partial charge < -0.3 is 14.9 Å². The maximum atomic E-state index is 13.6. The number of carbonyl (C=O) groups excluding carboxylic acids is 2. The molecule has 1 unspecified atom stereocenters. The Morgan fingerprint density at radius 3 is 2.48 bits per heavy atom. The maximum absolute atomic E-state index is 13.6. The lowest BCUT2D eigenvalue weighted by molar-refractivity contribution is -0.146. The minimum Gasteiger partial charge on any atom is -0.481 e. The Balaban J connectivity index is 1.65. The van der Waals surface area contributed by atoms with Gasteiger partial charge in [-0.15, -0.1) is 0 Å². The first-order valence-electron chi connectivity index (χ1n) is 8.14. The largest absolute Gasteiger partial charge is 0.481 e. The van der Waals surface area contributed by atoms with Crippen LogP contribution in [0.1, 0.15) is 19.3 Å². The lowest BCUT2D eigenvalue weighted by Crippen LogP contribution is -2.43. The SMILES string of the molecule is O=C(O)C1CCN(C(=O)C2CC(=O)N(c3ccc(Cl)c(F)c3)C2)CC1. The third-order valence-corrected chi connectivity index (χ3v) is 5.15. The van der Waals surface area contributed by atoms with E-state index in [1.54, 1.807) is 11.0 Å². The molecule has 1 aromatic rings. The predicted octanol–water partition coefficient (Wildman–Crippen LogP) is 2.16. The minimum absolute atomic E-state index is 0.0238. The molecule has 3 rings (SSSR count). The molecule has 0 aliphatic carbocycles. The van der Waals surface area contributed by atoms with Crippen molar-refractivity contribution in [2.24, 2.45) is 11.8 Å². The van der Waals surface area contributed by atoms with Crippen LogP contribution in [0.15, 0.2) is 18.2 Å². The number of hydrogen-bond donors (Lipinski definition) is 1. The highest BCUT2D eigenvalue weighted by molar-refractivity contribution is 6.30. The van der Waals surface area contributed by atoms with Gasteiger partial charge in [0.2, 0.25) is 11.8 Å². The number of amides is 2. The van der Waals surface area contributed by atoms with E-state index in [1.807, 2.05) is 0 Å². The molecule has 8 heteroatoms. The Morgan fingerprint density at radius 1 is 1.20 bits per heavy atom. The van der Waals surface area contributed by atoms with Crippen LogP contribution in [0.5, 0.6) is 0 Å². The Bertz CT molecular complexity index is 719. The molecule has 2 heterocycles. The topological polar surface area (TPSA) is 77.9 Å². The van der Waals surface area contributed by atoms with Gasteiger partial charge in [0.05, 0.1) is 16.9 Å². The quantitative estimate of drug-likeness (QED) is 0.886. The van der Waals surface area contributed by atoms with Crippen LogP contribution in [0.4, 0.5) is 10.1 Å². The number of carbonyl (C=O) groups is 3. The van der Waals surface area contributed by atoms with E-state index in [4.69, 9.17) is 16.7 Å². The van der Waals surface area contributed by atoms with Crippen molar-refractivity contribution in [2.45, 2.75) is 19.3 Å². The van der Waals surface area contributed by atoms with Crippen molar-refractivity contribution < 1.29 is 23.9 Å². The molecule has 1 N–H and O–H groups in total. The number of rotatable bonds is 3. The third-order valence-electron chi connectivity index (χ3n) is 4.85. The van der Waals surface area contributed by atoms with Crippen molar-refractivity contribution in [3.05, 3.63) is 29.0 Å². The molecule has 0 saturated carbocycles. The number of nitrogens with zero attached hydrogens (tertiary/aromatic N) is 2. The molecule has 0 bridgehead atoms. The van der Waals surface area contributed by atoms with E-state index in [0.29, 0.717) is 31.6 Å². The summed E-state index contributed by atoms with van der Waals surface area (Å²) in [5.74, 6) is -2.73. The van der Waals surface area contributed by atoms with Crippen molar-refractivity contribution in [2.75, 3.05) is 24.5 Å². The van der Waals surface area contributed by atoms with Crippen LogP contribution in [-0.4, -0.2) is 47.4 Å². The van der Waals surface area contributed by atoms with Crippen molar-refractivity contribution in [3.8, 4) is 0 Å². The summed E-state index contributed by atoms with van der Waals surface area (Å²) in [6, 6.07) is 4.12. The third kappa shape index (κ3) is 3.61. The summed E-state index contributed by atoms with van der Waals surface area (Å²) >= 11 is 5.66. The summed E-state index contributed by atoms with van der Waals surface area (Å²) < 4.78 is 13.6. The summed E-state index contributed by atoms with van der Waals surface area (Å²) in [7, 11) is 0. The second kappa shape index (κ2) is 7.00. The van der Waals surface area contributed by atoms with Gasteiger partial charge in [0.1, 0.15) is 5.82 Å². The zero-order chi connectivity index (χ0) is 18.1. The van der Waals surface area contributed by atoms with Gasteiger partial charge >= 0.3 is 5.97 Å². The summed E-state index contributed by atoms with van der Waals surface area (Å²) in [5.41, 5.74) is 0.381. The van der Waals surface area contributed by atoms with E-state index >= 15 is 0 Å². The molecule has 1 atom stereocenters. The second-order valence-corrected chi connectivity index (χ2v) is 6.85. The molecule has 0 aromatic heterocycles. The zero-order valence-corrected chi connectivity index (χ0v) is 14.2. The van der Waals surface area contributed by atoms with Crippen molar-refractivity contribution >= 4 is 35.1 Å². The van der Waals surface area contributed by atoms with E-state index in [2.05, 4.69) is 0 Å². The van der Waals surface area contributed by atoms with Gasteiger partial charge in [-0.05, 0) is 31.0 Å². The molecule has 2 aliphatic rings. The first kappa shape index (κ1) is 17.7. The Kier molecular flexibility index (Phi) is 4.94. The van der Waals surface area contributed by atoms with Crippen molar-refractivity contribution in [1.29, 1.82) is 0 Å². The number of piperidine rings is 1. The Labute approximate surface area is 149 Å². The average molecular weight is 369 g/mol. The minimum atomic E-state index is -0.834. The van der Waals surface area contributed by atoms with Gasteiger partial charge in [-0.25, -0.2) is 4.39 Å². The lowest BCUT2D eigenvalue weighted by atomic mass is 9.95. The van der Waals surface area contributed by atoms with Crippen molar-refractivity contribution in [3.63, 3.8) is 0 Å². The summed E-state index contributed by atoms with van der Waals surface area (Å²) in [6.07, 6.45) is 0.920. The summed E-state index contributed by atoms with van der Waals surface area (Å²) in [4.78, 5) is 38.9. The van der Waals surface area contributed by atoms with Crippen LogP contribution in [0.25, 0.3) is 0 Å². The number of likely N-dealkylation sites (tertiary alicyclic amines) is 1. The fourth-order valence-corrected chi connectivity index (χ4v) is 3.50. The van der Waals surface area contributed by atoms with Crippen LogP contribution in [-0.2, 0) is 14.4 Å². The molecule has 0 spiro atoms. The molecule has 6 nitrogen and oxygen atoms in total. The number of benzene rings is 1. The fraction of sp³-hybridized carbons (Fsp3) is 0.471. The van der Waals surface area contributed by atoms with Gasteiger partial charge in [0.15, 0.2) is 0 Å². The van der Waals surface area contributed by atoms with Gasteiger partial charge in [0.25, 0.3) is 0 Å². The second-order valence-electron chi connectivity index (χ2n) is 6.44. The smallest absolute Gasteiger partial charge is 0.306 e. The molecule has 2 fully saturated rings. The molecule has 2 amide bonds. The highest BCUT2D eigenvalue weighted by Gasteiger charge is 2.38. The number of carboxylic acid groups (broad SMARTS) is 1. The number of halogens is 2. The van der Waals surface area contributed by atoms with E-state index < -0.39 is 23.6 Å². The van der Waals surface area contributed by atoms with E-state index in [-0.39, 0.29) is 29.8 Å². The van der Waals surface area contributed by atoms with E-state index in [0.717, 1.165) is 0 Å². The molecular formula is C17H18ClFN2O4. The standard InChI is InChI=1S/C17H18ClFN2O4/c18-13-2-1-12(8-14(13)19)21-9-11(7-15(21)22)16(23)20-5-3-10(4-6-20)17(24)25/h1-2,8,10-11H,3-7,9H2,(H,24,25). The highest BCUT2D eigenvalue weighted by Crippen LogP contribution is 2.29. The first-order valence-corrected chi connectivity index (χ1v) is 8.51. The molecule has 2 aliphatic heterocycles. The van der Waals surface area contributed by atoms with E-state index in [9.17, 15) is 18.8 Å². The summed E-state index contributed by atoms with van der Waals surface area (Å²) in [5, 5.41) is 8.99. The average Bonchev–Trinajstić information content (AvgIpc) is 2.98. The van der Waals surface area contributed by atoms with Gasteiger partial charge in [0, 0.05) is 31.7 Å². The first-order chi connectivity index (χ1) is 11.9. The van der Waals surface area contributed by atoms with Crippen LogP contribution in [0.3, 0.4) is 0 Å². The fourth-order valence-electron chi connectivity index (χ4n) is 3.38. The predicted molar refractivity (Wildman–Crippen MR) is 88.8 cm³/mol. The van der Waals surface area contributed by atoms with Crippen LogP contribution in [0.2, 0.25) is 5.02 Å². The molecule has 2 saturated heterocycles. The normalized spacial score (nSPS) is 21.7. The number of aliphatic carboxylic acids is 1. The Hall–Kier alpha value is -2.15. The zero-order valence-electron chi connectivity index (χ0n) is 13.5. The highest BCUT2D eigenvalue weighted by atomic mass is 35.5. The molecule has 1 aromatic carbocycles. The van der Waals surface area contributed by atoms with Crippen LogP contribution < -0.4 is 4.90 Å². The van der Waals surface area contributed by atoms with E-state index in [1.165, 1.54) is 17.0 Å². The van der Waals surface area contributed by atoms with Gasteiger partial charge in [-0.2, -0.15) is 0 Å². The van der Waals surface area contributed by atoms with Crippen molar-refractivity contribution in [1.82, 2.24) is 4.90 Å². The Morgan fingerprint density at radius 2 is 1.88 bits per heavy atom. The summed E-state index contributed by atoms with van der Waals surface area (Å²) in [6.45, 7) is 0.962. The number of hydrogen-bond acceptors (Lipinski definition) is 3. The van der Waals surface area contributed by atoms with Crippen LogP contribution >= 0.6 is 11.6 Å². The molecular weight excluding hydrogens is 351 g/mol. The molecule has 25 heavy (non-hydrogen) atoms. The van der Waals surface area contributed by atoms with Gasteiger partial charge in [-0.3, -0.25) is 14.4 Å².